The molecule has 0 unspecified atom stereocenters. The van der Waals surface area contributed by atoms with Crippen molar-refractivity contribution in [3.63, 3.8) is 0 Å². The number of nitrogens with one attached hydrogen (secondary N) is 1. The summed E-state index contributed by atoms with van der Waals surface area (Å²) >= 11 is 0. The van der Waals surface area contributed by atoms with Crippen molar-refractivity contribution in [3.05, 3.63) is 23.0 Å². The van der Waals surface area contributed by atoms with E-state index >= 15 is 0 Å². The number of nitrogens with zero attached hydrogens (tertiary/aromatic N) is 1. The Hall–Kier alpha value is -1.78. The third-order valence-corrected chi connectivity index (χ3v) is 2.64. The minimum atomic E-state index is -0.978. The molecule has 1 aromatic rings. The second-order valence-electron chi connectivity index (χ2n) is 3.86. The lowest BCUT2D eigenvalue weighted by molar-refractivity contribution is -0.120. The Balaban J connectivity index is 3.10. The number of carboxylic acids is 1. The molecule has 5 heteroatoms. The summed E-state index contributed by atoms with van der Waals surface area (Å²) in [5.41, 5.74) is 1.51. The van der Waals surface area contributed by atoms with Crippen LogP contribution in [0.2, 0.25) is 0 Å². The molecule has 0 aliphatic carbocycles. The zero-order chi connectivity index (χ0) is 13.0. The smallest absolute Gasteiger partial charge is 0.337 e. The van der Waals surface area contributed by atoms with E-state index in [9.17, 15) is 9.59 Å². The standard InChI is InChI=1S/C12H18N2O3/c1-4-13-10(15)6-9-11(12(16)17)8(3)7-14(9)5-2/h7H,4-6H2,1-3H3,(H,13,15)(H,16,17). The molecular weight excluding hydrogens is 220 g/mol. The molecule has 0 saturated heterocycles. The summed E-state index contributed by atoms with van der Waals surface area (Å²) in [5, 5.41) is 11.8. The van der Waals surface area contributed by atoms with Gasteiger partial charge in [-0.3, -0.25) is 4.79 Å². The molecule has 17 heavy (non-hydrogen) atoms. The number of hydrogen-bond donors (Lipinski definition) is 2. The average Bonchev–Trinajstić information content (AvgIpc) is 2.55. The lowest BCUT2D eigenvalue weighted by Gasteiger charge is -2.08. The highest BCUT2D eigenvalue weighted by Gasteiger charge is 2.20. The van der Waals surface area contributed by atoms with Crippen molar-refractivity contribution >= 4 is 11.9 Å². The second-order valence-corrected chi connectivity index (χ2v) is 3.86. The van der Waals surface area contributed by atoms with Crippen molar-refractivity contribution in [2.45, 2.75) is 33.7 Å². The summed E-state index contributed by atoms with van der Waals surface area (Å²) in [6.07, 6.45) is 1.88. The first kappa shape index (κ1) is 13.3. The summed E-state index contributed by atoms with van der Waals surface area (Å²) < 4.78 is 1.81. The van der Waals surface area contributed by atoms with Crippen LogP contribution in [0.5, 0.6) is 0 Å². The minimum absolute atomic E-state index is 0.108. The van der Waals surface area contributed by atoms with Crippen LogP contribution in [-0.4, -0.2) is 28.1 Å². The van der Waals surface area contributed by atoms with Gasteiger partial charge >= 0.3 is 5.97 Å². The Morgan fingerprint density at radius 2 is 2.06 bits per heavy atom. The number of aromatic nitrogens is 1. The van der Waals surface area contributed by atoms with E-state index in [0.717, 1.165) is 0 Å². The normalized spacial score (nSPS) is 10.3. The third kappa shape index (κ3) is 2.87. The number of carboxylic acid groups (broad SMARTS) is 1. The fourth-order valence-electron chi connectivity index (χ4n) is 1.92. The van der Waals surface area contributed by atoms with Crippen LogP contribution in [-0.2, 0) is 17.8 Å². The van der Waals surface area contributed by atoms with E-state index in [1.807, 2.05) is 18.4 Å². The van der Waals surface area contributed by atoms with Gasteiger partial charge in [-0.2, -0.15) is 0 Å². The molecule has 5 nitrogen and oxygen atoms in total. The lowest BCUT2D eigenvalue weighted by atomic mass is 10.1. The second kappa shape index (κ2) is 5.52. The number of rotatable bonds is 5. The van der Waals surface area contributed by atoms with Crippen LogP contribution in [0.1, 0.15) is 35.5 Å². The highest BCUT2D eigenvalue weighted by Crippen LogP contribution is 2.18. The largest absolute Gasteiger partial charge is 0.478 e. The highest BCUT2D eigenvalue weighted by molar-refractivity contribution is 5.93. The van der Waals surface area contributed by atoms with Gasteiger partial charge in [-0.15, -0.1) is 0 Å². The van der Waals surface area contributed by atoms with Crippen LogP contribution in [0.15, 0.2) is 6.20 Å². The quantitative estimate of drug-likeness (QED) is 0.809. The van der Waals surface area contributed by atoms with Gasteiger partial charge in [0.2, 0.25) is 5.91 Å². The van der Waals surface area contributed by atoms with Crippen LogP contribution in [0.4, 0.5) is 0 Å². The minimum Gasteiger partial charge on any atom is -0.478 e. The van der Waals surface area contributed by atoms with Gasteiger partial charge in [-0.1, -0.05) is 0 Å². The molecule has 0 spiro atoms. The summed E-state index contributed by atoms with van der Waals surface area (Å²) in [6, 6.07) is 0. The van der Waals surface area contributed by atoms with Crippen molar-refractivity contribution in [1.29, 1.82) is 0 Å². The molecule has 1 heterocycles. The zero-order valence-electron chi connectivity index (χ0n) is 10.4. The van der Waals surface area contributed by atoms with Gasteiger partial charge in [-0.05, 0) is 26.3 Å². The molecule has 0 aliphatic rings. The Kier molecular flexibility index (Phi) is 4.31. The van der Waals surface area contributed by atoms with E-state index in [1.165, 1.54) is 0 Å². The average molecular weight is 238 g/mol. The van der Waals surface area contributed by atoms with Crippen LogP contribution >= 0.6 is 0 Å². The van der Waals surface area contributed by atoms with Crippen molar-refractivity contribution in [2.75, 3.05) is 6.54 Å². The topological polar surface area (TPSA) is 71.3 Å². The molecular formula is C12H18N2O3. The number of amides is 1. The van der Waals surface area contributed by atoms with Gasteiger partial charge < -0.3 is 15.0 Å². The maximum atomic E-state index is 11.5. The molecule has 0 bridgehead atoms. The molecule has 0 radical (unpaired) electrons. The van der Waals surface area contributed by atoms with Crippen molar-refractivity contribution in [1.82, 2.24) is 9.88 Å². The Bertz CT molecular complexity index is 435. The number of likely N-dealkylation sites (N-methyl/N-ethyl adjacent to an activating group) is 1. The van der Waals surface area contributed by atoms with Gasteiger partial charge in [0.1, 0.15) is 0 Å². The van der Waals surface area contributed by atoms with E-state index < -0.39 is 5.97 Å². The number of aromatic carboxylic acids is 1. The fraction of sp³-hybridized carbons (Fsp3) is 0.500. The van der Waals surface area contributed by atoms with E-state index in [4.69, 9.17) is 5.11 Å². The number of carbonyl (C=O) groups is 2. The SMILES string of the molecule is CCNC(=O)Cc1c(C(=O)O)c(C)cn1CC. The zero-order valence-corrected chi connectivity index (χ0v) is 10.4. The summed E-state index contributed by atoms with van der Waals surface area (Å²) in [5.74, 6) is -1.13. The molecule has 2 N–H and O–H groups in total. The third-order valence-electron chi connectivity index (χ3n) is 2.64. The first-order valence-electron chi connectivity index (χ1n) is 5.69. The van der Waals surface area contributed by atoms with E-state index in [1.54, 1.807) is 13.1 Å². The van der Waals surface area contributed by atoms with Crippen LogP contribution in [0.3, 0.4) is 0 Å². The van der Waals surface area contributed by atoms with E-state index in [2.05, 4.69) is 5.32 Å². The molecule has 0 atom stereocenters. The van der Waals surface area contributed by atoms with Gasteiger partial charge in [0.25, 0.3) is 0 Å². The molecule has 1 aromatic heterocycles. The van der Waals surface area contributed by atoms with Crippen LogP contribution in [0, 0.1) is 6.92 Å². The monoisotopic (exact) mass is 238 g/mol. The van der Waals surface area contributed by atoms with Gasteiger partial charge in [0.05, 0.1) is 12.0 Å². The van der Waals surface area contributed by atoms with Crippen molar-refractivity contribution in [2.24, 2.45) is 0 Å². The molecule has 0 aliphatic heterocycles. The predicted octanol–water partition coefficient (Wildman–Crippen LogP) is 1.19. The number of aryl methyl sites for hydroxylation is 2. The van der Waals surface area contributed by atoms with Crippen LogP contribution in [0.25, 0.3) is 0 Å². The summed E-state index contributed by atoms with van der Waals surface area (Å²) in [6.45, 7) is 6.71. The Morgan fingerprint density at radius 1 is 1.41 bits per heavy atom. The predicted molar refractivity (Wildman–Crippen MR) is 64.2 cm³/mol. The number of hydrogen-bond acceptors (Lipinski definition) is 2. The first-order chi connectivity index (χ1) is 8.01. The maximum Gasteiger partial charge on any atom is 0.337 e. The van der Waals surface area contributed by atoms with Crippen LogP contribution < -0.4 is 5.32 Å². The van der Waals surface area contributed by atoms with Crippen molar-refractivity contribution < 1.29 is 14.7 Å². The van der Waals surface area contributed by atoms with Crippen molar-refractivity contribution in [3.8, 4) is 0 Å². The maximum absolute atomic E-state index is 11.5. The van der Waals surface area contributed by atoms with E-state index in [-0.39, 0.29) is 17.9 Å². The Morgan fingerprint density at radius 3 is 2.53 bits per heavy atom. The highest BCUT2D eigenvalue weighted by atomic mass is 16.4. The lowest BCUT2D eigenvalue weighted by Crippen LogP contribution is -2.26. The summed E-state index contributed by atoms with van der Waals surface area (Å²) in [4.78, 5) is 22.7. The molecule has 1 rings (SSSR count). The first-order valence-corrected chi connectivity index (χ1v) is 5.69. The molecule has 0 aromatic carbocycles. The molecule has 0 fully saturated rings. The Labute approximate surface area is 100 Å². The molecule has 0 saturated carbocycles. The van der Waals surface area contributed by atoms with E-state index in [0.29, 0.717) is 24.3 Å². The molecule has 1 amide bonds. The summed E-state index contributed by atoms with van der Waals surface area (Å²) in [7, 11) is 0. The molecule has 94 valence electrons. The number of carbonyl (C=O) groups excluding carboxylic acids is 1. The fourth-order valence-corrected chi connectivity index (χ4v) is 1.92. The van der Waals surface area contributed by atoms with Gasteiger partial charge in [-0.25, -0.2) is 4.79 Å². The van der Waals surface area contributed by atoms with Gasteiger partial charge in [0, 0.05) is 25.0 Å². The van der Waals surface area contributed by atoms with Gasteiger partial charge in [0.15, 0.2) is 0 Å².